The Kier molecular flexibility index (Phi) is 3.48. The molecule has 1 aliphatic heterocycles. The molecule has 1 heterocycles. The lowest BCUT2D eigenvalue weighted by molar-refractivity contribution is 0.456. The summed E-state index contributed by atoms with van der Waals surface area (Å²) in [5, 5.41) is 7.61. The van der Waals surface area contributed by atoms with Crippen LogP contribution in [-0.2, 0) is 10.0 Å². The highest BCUT2D eigenvalue weighted by atomic mass is 32.2. The molecule has 80 valence electrons. The van der Waals surface area contributed by atoms with Crippen LogP contribution < -0.4 is 5.73 Å². The lowest BCUT2D eigenvalue weighted by Gasteiger charge is -2.17. The molecule has 1 rings (SSSR count). The lowest BCUT2D eigenvalue weighted by Crippen LogP contribution is -2.35. The van der Waals surface area contributed by atoms with Gasteiger partial charge in [0.1, 0.15) is 0 Å². The molecule has 0 amide bonds. The molecule has 1 saturated heterocycles. The van der Waals surface area contributed by atoms with Gasteiger partial charge in [0, 0.05) is 13.1 Å². The van der Waals surface area contributed by atoms with Gasteiger partial charge in [-0.3, -0.25) is 0 Å². The van der Waals surface area contributed by atoms with E-state index in [1.54, 1.807) is 6.07 Å². The van der Waals surface area contributed by atoms with E-state index in [9.17, 15) is 8.42 Å². The third-order valence-electron chi connectivity index (χ3n) is 2.57. The first-order valence-corrected chi connectivity index (χ1v) is 6.11. The van der Waals surface area contributed by atoms with Crippen molar-refractivity contribution in [1.82, 2.24) is 4.31 Å². The van der Waals surface area contributed by atoms with E-state index < -0.39 is 15.3 Å². The van der Waals surface area contributed by atoms with E-state index in [2.05, 4.69) is 0 Å². The molecule has 2 unspecified atom stereocenters. The van der Waals surface area contributed by atoms with Crippen LogP contribution in [0.15, 0.2) is 0 Å². The Bertz CT molecular complexity index is 333. The van der Waals surface area contributed by atoms with Gasteiger partial charge < -0.3 is 5.73 Å². The van der Waals surface area contributed by atoms with Crippen molar-refractivity contribution in [2.45, 2.75) is 18.6 Å². The molecule has 0 saturated carbocycles. The maximum atomic E-state index is 11.7. The summed E-state index contributed by atoms with van der Waals surface area (Å²) in [6, 6.07) is 1.75. The van der Waals surface area contributed by atoms with Crippen molar-refractivity contribution >= 4 is 10.0 Å². The number of hydrogen-bond donors (Lipinski definition) is 1. The van der Waals surface area contributed by atoms with E-state index in [1.165, 1.54) is 11.2 Å². The van der Waals surface area contributed by atoms with E-state index in [1.807, 2.05) is 0 Å². The third-order valence-corrected chi connectivity index (χ3v) is 4.62. The highest BCUT2D eigenvalue weighted by Crippen LogP contribution is 2.20. The van der Waals surface area contributed by atoms with Gasteiger partial charge in [0.05, 0.1) is 6.07 Å². The molecule has 1 fully saturated rings. The first kappa shape index (κ1) is 11.4. The van der Waals surface area contributed by atoms with Crippen LogP contribution in [0.4, 0.5) is 0 Å². The van der Waals surface area contributed by atoms with Crippen molar-refractivity contribution in [3.63, 3.8) is 0 Å². The Morgan fingerprint density at radius 1 is 1.71 bits per heavy atom. The van der Waals surface area contributed by atoms with Crippen LogP contribution in [0.1, 0.15) is 13.3 Å². The fourth-order valence-corrected chi connectivity index (χ4v) is 2.87. The highest BCUT2D eigenvalue weighted by molar-refractivity contribution is 7.89. The van der Waals surface area contributed by atoms with Gasteiger partial charge in [-0.15, -0.1) is 0 Å². The van der Waals surface area contributed by atoms with Crippen molar-refractivity contribution < 1.29 is 8.42 Å². The maximum absolute atomic E-state index is 11.7. The third kappa shape index (κ3) is 2.05. The predicted octanol–water partition coefficient (Wildman–Crippen LogP) is -0.491. The highest BCUT2D eigenvalue weighted by Gasteiger charge is 2.34. The van der Waals surface area contributed by atoms with Gasteiger partial charge >= 0.3 is 0 Å². The second kappa shape index (κ2) is 4.26. The van der Waals surface area contributed by atoms with Crippen LogP contribution in [0, 0.1) is 17.2 Å². The van der Waals surface area contributed by atoms with Gasteiger partial charge in [0.25, 0.3) is 0 Å². The van der Waals surface area contributed by atoms with E-state index in [-0.39, 0.29) is 5.92 Å². The topological polar surface area (TPSA) is 87.2 Å². The number of rotatable bonds is 3. The molecule has 6 heteroatoms. The summed E-state index contributed by atoms with van der Waals surface area (Å²) in [6.07, 6.45) is 0.799. The predicted molar refractivity (Wildman–Crippen MR) is 52.7 cm³/mol. The first-order valence-electron chi connectivity index (χ1n) is 4.61. The largest absolute Gasteiger partial charge is 0.330 e. The Morgan fingerprint density at radius 2 is 2.36 bits per heavy atom. The van der Waals surface area contributed by atoms with Crippen LogP contribution in [0.5, 0.6) is 0 Å². The Labute approximate surface area is 84.5 Å². The Hall–Kier alpha value is -0.640. The van der Waals surface area contributed by atoms with E-state index in [0.717, 1.165) is 6.42 Å². The standard InChI is InChI=1S/C8H15N3O2S/c1-7(4-9)14(12,13)11-3-2-8(5-10)6-11/h7-8H,2-3,5-6,10H2,1H3. The van der Waals surface area contributed by atoms with Crippen molar-refractivity contribution in [1.29, 1.82) is 5.26 Å². The zero-order valence-electron chi connectivity index (χ0n) is 8.18. The van der Waals surface area contributed by atoms with Gasteiger partial charge in [-0.05, 0) is 25.8 Å². The Balaban J connectivity index is 2.73. The van der Waals surface area contributed by atoms with Gasteiger partial charge in [-0.1, -0.05) is 0 Å². The Morgan fingerprint density at radius 3 is 2.79 bits per heavy atom. The number of nitriles is 1. The molecule has 2 atom stereocenters. The van der Waals surface area contributed by atoms with Crippen molar-refractivity contribution in [2.24, 2.45) is 11.7 Å². The van der Waals surface area contributed by atoms with Crippen molar-refractivity contribution in [3.8, 4) is 6.07 Å². The van der Waals surface area contributed by atoms with E-state index in [4.69, 9.17) is 11.0 Å². The number of hydrogen-bond acceptors (Lipinski definition) is 4. The molecule has 0 aromatic heterocycles. The van der Waals surface area contributed by atoms with Crippen molar-refractivity contribution in [2.75, 3.05) is 19.6 Å². The zero-order valence-corrected chi connectivity index (χ0v) is 9.00. The molecule has 14 heavy (non-hydrogen) atoms. The van der Waals surface area contributed by atoms with Crippen LogP contribution in [0.3, 0.4) is 0 Å². The average molecular weight is 217 g/mol. The van der Waals surface area contributed by atoms with Crippen LogP contribution in [0.2, 0.25) is 0 Å². The number of nitrogens with zero attached hydrogens (tertiary/aromatic N) is 2. The summed E-state index contributed by atoms with van der Waals surface area (Å²) < 4.78 is 24.7. The minimum absolute atomic E-state index is 0.246. The summed E-state index contributed by atoms with van der Waals surface area (Å²) >= 11 is 0. The zero-order chi connectivity index (χ0) is 10.8. The monoisotopic (exact) mass is 217 g/mol. The molecule has 0 radical (unpaired) electrons. The molecule has 5 nitrogen and oxygen atoms in total. The van der Waals surface area contributed by atoms with Gasteiger partial charge in [-0.2, -0.15) is 5.26 Å². The van der Waals surface area contributed by atoms with Crippen LogP contribution in [0.25, 0.3) is 0 Å². The molecule has 0 aromatic rings. The SMILES string of the molecule is CC(C#N)S(=O)(=O)N1CCC(CN)C1. The van der Waals surface area contributed by atoms with E-state index in [0.29, 0.717) is 19.6 Å². The second-order valence-electron chi connectivity index (χ2n) is 3.56. The summed E-state index contributed by atoms with van der Waals surface area (Å²) in [7, 11) is -3.42. The second-order valence-corrected chi connectivity index (χ2v) is 5.82. The molecule has 0 aromatic carbocycles. The minimum Gasteiger partial charge on any atom is -0.330 e. The molecular formula is C8H15N3O2S. The maximum Gasteiger partial charge on any atom is 0.230 e. The normalized spacial score (nSPS) is 25.9. The molecular weight excluding hydrogens is 202 g/mol. The van der Waals surface area contributed by atoms with Gasteiger partial charge in [-0.25, -0.2) is 12.7 Å². The lowest BCUT2D eigenvalue weighted by atomic mass is 10.1. The van der Waals surface area contributed by atoms with Crippen LogP contribution in [-0.4, -0.2) is 37.6 Å². The fourth-order valence-electron chi connectivity index (χ4n) is 1.51. The van der Waals surface area contributed by atoms with Gasteiger partial charge in [0.15, 0.2) is 5.25 Å². The minimum atomic E-state index is -3.42. The number of sulfonamides is 1. The first-order chi connectivity index (χ1) is 6.52. The molecule has 0 spiro atoms. The molecule has 1 aliphatic rings. The van der Waals surface area contributed by atoms with Gasteiger partial charge in [0.2, 0.25) is 10.0 Å². The number of nitrogens with two attached hydrogens (primary N) is 1. The van der Waals surface area contributed by atoms with Crippen LogP contribution >= 0.6 is 0 Å². The quantitative estimate of drug-likeness (QED) is 0.691. The summed E-state index contributed by atoms with van der Waals surface area (Å²) in [5.41, 5.74) is 5.46. The molecule has 0 bridgehead atoms. The molecule has 0 aliphatic carbocycles. The summed E-state index contributed by atoms with van der Waals surface area (Å²) in [4.78, 5) is 0. The summed E-state index contributed by atoms with van der Waals surface area (Å²) in [6.45, 7) is 2.87. The van der Waals surface area contributed by atoms with E-state index >= 15 is 0 Å². The average Bonchev–Trinajstić information content (AvgIpc) is 2.65. The smallest absolute Gasteiger partial charge is 0.230 e. The molecule has 2 N–H and O–H groups in total. The van der Waals surface area contributed by atoms with Crippen molar-refractivity contribution in [3.05, 3.63) is 0 Å². The fraction of sp³-hybridized carbons (Fsp3) is 0.875. The summed E-state index contributed by atoms with van der Waals surface area (Å²) in [5.74, 6) is 0.246.